The Morgan fingerprint density at radius 1 is 1.12 bits per heavy atom. The topological polar surface area (TPSA) is 91.7 Å². The lowest BCUT2D eigenvalue weighted by atomic mass is 10.1. The van der Waals surface area contributed by atoms with Gasteiger partial charge in [0.05, 0.1) is 5.69 Å². The molecule has 0 spiro atoms. The number of amides is 1. The van der Waals surface area contributed by atoms with E-state index in [4.69, 9.17) is 14.2 Å². The van der Waals surface area contributed by atoms with E-state index in [9.17, 15) is 9.59 Å². The number of fused-ring (bicyclic) bond motifs is 1. The number of ether oxygens (including phenoxy) is 3. The summed E-state index contributed by atoms with van der Waals surface area (Å²) >= 11 is 0. The Bertz CT molecular complexity index is 1160. The molecule has 1 N–H and O–H groups in total. The van der Waals surface area contributed by atoms with Crippen molar-refractivity contribution < 1.29 is 19.0 Å². The van der Waals surface area contributed by atoms with Gasteiger partial charge in [0.15, 0.2) is 17.6 Å². The fourth-order valence-corrected chi connectivity index (χ4v) is 3.28. The highest BCUT2D eigenvalue weighted by Gasteiger charge is 2.18. The van der Waals surface area contributed by atoms with E-state index in [0.29, 0.717) is 36.8 Å². The van der Waals surface area contributed by atoms with E-state index in [0.717, 1.165) is 16.8 Å². The standard InChI is InChI=1S/C24H25N3O5/c1-16-4-6-18(7-5-16)20-9-11-23(28)27(26-20)13-3-12-25-24(29)17(2)32-19-8-10-21-22(14-19)31-15-30-21/h4-11,14,17H,3,12-13,15H2,1-2H3,(H,25,29)/t17-/m1/s1. The van der Waals surface area contributed by atoms with Crippen molar-refractivity contribution in [3.8, 4) is 28.5 Å². The smallest absolute Gasteiger partial charge is 0.266 e. The minimum atomic E-state index is -0.680. The maximum atomic E-state index is 12.3. The van der Waals surface area contributed by atoms with Crippen LogP contribution in [0.2, 0.25) is 0 Å². The Kier molecular flexibility index (Phi) is 6.39. The third kappa shape index (κ3) is 5.08. The van der Waals surface area contributed by atoms with E-state index in [2.05, 4.69) is 10.4 Å². The highest BCUT2D eigenvalue weighted by atomic mass is 16.7. The zero-order valence-corrected chi connectivity index (χ0v) is 18.0. The predicted octanol–water partition coefficient (Wildman–Crippen LogP) is 2.92. The molecule has 1 amide bonds. The average Bonchev–Trinajstić information content (AvgIpc) is 3.26. The van der Waals surface area contributed by atoms with Crippen molar-refractivity contribution in [3.05, 3.63) is 70.5 Å². The third-order valence-corrected chi connectivity index (χ3v) is 5.09. The Morgan fingerprint density at radius 2 is 1.91 bits per heavy atom. The zero-order valence-electron chi connectivity index (χ0n) is 18.0. The summed E-state index contributed by atoms with van der Waals surface area (Å²) in [6, 6.07) is 16.4. The Balaban J connectivity index is 1.27. The molecule has 3 aromatic rings. The van der Waals surface area contributed by atoms with Gasteiger partial charge < -0.3 is 19.5 Å². The molecule has 0 unspecified atom stereocenters. The number of nitrogens with zero attached hydrogens (tertiary/aromatic N) is 2. The van der Waals surface area contributed by atoms with Gasteiger partial charge in [0.25, 0.3) is 11.5 Å². The Morgan fingerprint density at radius 3 is 2.72 bits per heavy atom. The first-order valence-electron chi connectivity index (χ1n) is 10.5. The van der Waals surface area contributed by atoms with Crippen molar-refractivity contribution >= 4 is 5.91 Å². The lowest BCUT2D eigenvalue weighted by Gasteiger charge is -2.15. The van der Waals surface area contributed by atoms with Gasteiger partial charge in [-0.05, 0) is 38.5 Å². The highest BCUT2D eigenvalue weighted by molar-refractivity contribution is 5.80. The zero-order chi connectivity index (χ0) is 22.5. The first-order chi connectivity index (χ1) is 15.5. The van der Waals surface area contributed by atoms with Crippen LogP contribution in [0, 0.1) is 6.92 Å². The van der Waals surface area contributed by atoms with Crippen molar-refractivity contribution in [3.63, 3.8) is 0 Å². The van der Waals surface area contributed by atoms with Crippen LogP contribution in [0.5, 0.6) is 17.2 Å². The third-order valence-electron chi connectivity index (χ3n) is 5.09. The van der Waals surface area contributed by atoms with Crippen LogP contribution < -0.4 is 25.1 Å². The number of aromatic nitrogens is 2. The summed E-state index contributed by atoms with van der Waals surface area (Å²) in [6.45, 7) is 4.68. The van der Waals surface area contributed by atoms with Crippen LogP contribution in [-0.4, -0.2) is 35.1 Å². The summed E-state index contributed by atoms with van der Waals surface area (Å²) in [6.07, 6.45) is -0.117. The summed E-state index contributed by atoms with van der Waals surface area (Å²) < 4.78 is 17.7. The van der Waals surface area contributed by atoms with E-state index in [-0.39, 0.29) is 18.3 Å². The van der Waals surface area contributed by atoms with Crippen molar-refractivity contribution in [2.45, 2.75) is 32.9 Å². The van der Waals surface area contributed by atoms with Crippen molar-refractivity contribution in [1.29, 1.82) is 0 Å². The van der Waals surface area contributed by atoms with Gasteiger partial charge >= 0.3 is 0 Å². The second-order valence-corrected chi connectivity index (χ2v) is 7.57. The van der Waals surface area contributed by atoms with Crippen LogP contribution in [0.1, 0.15) is 18.9 Å². The maximum Gasteiger partial charge on any atom is 0.266 e. The molecule has 166 valence electrons. The van der Waals surface area contributed by atoms with Crippen LogP contribution in [0.4, 0.5) is 0 Å². The van der Waals surface area contributed by atoms with Gasteiger partial charge in [-0.3, -0.25) is 9.59 Å². The van der Waals surface area contributed by atoms with Gasteiger partial charge in [0.1, 0.15) is 5.75 Å². The molecule has 0 radical (unpaired) electrons. The fourth-order valence-electron chi connectivity index (χ4n) is 3.28. The average molecular weight is 435 g/mol. The van der Waals surface area contributed by atoms with Crippen LogP contribution in [0.3, 0.4) is 0 Å². The molecule has 1 atom stereocenters. The summed E-state index contributed by atoms with van der Waals surface area (Å²) in [5.74, 6) is 1.54. The number of hydrogen-bond acceptors (Lipinski definition) is 6. The van der Waals surface area contributed by atoms with Crippen LogP contribution in [0.25, 0.3) is 11.3 Å². The Hall–Kier alpha value is -3.81. The summed E-state index contributed by atoms with van der Waals surface area (Å²) in [4.78, 5) is 24.5. The molecule has 2 aromatic carbocycles. The minimum Gasteiger partial charge on any atom is -0.481 e. The predicted molar refractivity (Wildman–Crippen MR) is 119 cm³/mol. The maximum absolute atomic E-state index is 12.3. The van der Waals surface area contributed by atoms with Gasteiger partial charge in [-0.25, -0.2) is 4.68 Å². The summed E-state index contributed by atoms with van der Waals surface area (Å²) in [5.41, 5.74) is 2.67. The van der Waals surface area contributed by atoms with E-state index in [1.807, 2.05) is 31.2 Å². The van der Waals surface area contributed by atoms with Crippen LogP contribution in [-0.2, 0) is 11.3 Å². The SMILES string of the molecule is Cc1ccc(-c2ccc(=O)n(CCCNC(=O)[C@@H](C)Oc3ccc4c(c3)OCO4)n2)cc1. The van der Waals surface area contributed by atoms with E-state index in [1.165, 1.54) is 10.7 Å². The molecular formula is C24H25N3O5. The number of benzene rings is 2. The van der Waals surface area contributed by atoms with E-state index < -0.39 is 6.10 Å². The monoisotopic (exact) mass is 435 g/mol. The van der Waals surface area contributed by atoms with Crippen molar-refractivity contribution in [2.24, 2.45) is 0 Å². The number of carbonyl (C=O) groups is 1. The van der Waals surface area contributed by atoms with Crippen LogP contribution in [0.15, 0.2) is 59.4 Å². The van der Waals surface area contributed by atoms with Gasteiger partial charge in [-0.2, -0.15) is 5.10 Å². The quantitative estimate of drug-likeness (QED) is 0.547. The van der Waals surface area contributed by atoms with E-state index in [1.54, 1.807) is 31.2 Å². The summed E-state index contributed by atoms with van der Waals surface area (Å²) in [7, 11) is 0. The molecule has 2 heterocycles. The first-order valence-corrected chi connectivity index (χ1v) is 10.5. The first kappa shape index (κ1) is 21.4. The van der Waals surface area contributed by atoms with E-state index >= 15 is 0 Å². The van der Waals surface area contributed by atoms with Gasteiger partial charge in [0, 0.05) is 30.8 Å². The second-order valence-electron chi connectivity index (χ2n) is 7.57. The molecule has 1 aliphatic rings. The molecule has 8 nitrogen and oxygen atoms in total. The number of rotatable bonds is 8. The lowest BCUT2D eigenvalue weighted by Crippen LogP contribution is -2.37. The molecule has 0 aliphatic carbocycles. The lowest BCUT2D eigenvalue weighted by molar-refractivity contribution is -0.127. The van der Waals surface area contributed by atoms with Crippen LogP contribution >= 0.6 is 0 Å². The van der Waals surface area contributed by atoms with Crippen molar-refractivity contribution in [2.75, 3.05) is 13.3 Å². The molecule has 0 fully saturated rings. The van der Waals surface area contributed by atoms with Gasteiger partial charge in [0.2, 0.25) is 6.79 Å². The number of aryl methyl sites for hydroxylation is 2. The molecule has 32 heavy (non-hydrogen) atoms. The minimum absolute atomic E-state index is 0.174. The number of nitrogens with one attached hydrogen (secondary N) is 1. The molecule has 1 aromatic heterocycles. The second kappa shape index (κ2) is 9.55. The molecule has 8 heteroatoms. The fraction of sp³-hybridized carbons (Fsp3) is 0.292. The molecule has 0 bridgehead atoms. The largest absolute Gasteiger partial charge is 0.481 e. The molecule has 1 aliphatic heterocycles. The Labute approximate surface area is 185 Å². The number of hydrogen-bond donors (Lipinski definition) is 1. The van der Waals surface area contributed by atoms with Crippen molar-refractivity contribution in [1.82, 2.24) is 15.1 Å². The molecule has 0 saturated heterocycles. The number of carbonyl (C=O) groups excluding carboxylic acids is 1. The summed E-state index contributed by atoms with van der Waals surface area (Å²) in [5, 5.41) is 7.29. The van der Waals surface area contributed by atoms with Gasteiger partial charge in [-0.15, -0.1) is 0 Å². The molecular weight excluding hydrogens is 410 g/mol. The normalized spacial score (nSPS) is 12.9. The van der Waals surface area contributed by atoms with Gasteiger partial charge in [-0.1, -0.05) is 29.8 Å². The molecule has 0 saturated carbocycles. The highest BCUT2D eigenvalue weighted by Crippen LogP contribution is 2.35. The molecule has 4 rings (SSSR count).